The standard InChI is InChI=1S/C10H6O2S2/c11-5-8-1-2-9(14-8)10(12)7-3-4-13-6-7/h1-6H. The average Bonchev–Trinajstić information content (AvgIpc) is 2.88. The van der Waals surface area contributed by atoms with Crippen LogP contribution in [-0.2, 0) is 0 Å². The van der Waals surface area contributed by atoms with Crippen LogP contribution >= 0.6 is 22.7 Å². The highest BCUT2D eigenvalue weighted by Crippen LogP contribution is 2.19. The Morgan fingerprint density at radius 2 is 2.14 bits per heavy atom. The van der Waals surface area contributed by atoms with Gasteiger partial charge in [0, 0.05) is 10.9 Å². The molecule has 0 aromatic carbocycles. The van der Waals surface area contributed by atoms with Gasteiger partial charge in [0.2, 0.25) is 5.78 Å². The maximum Gasteiger partial charge on any atom is 0.203 e. The first-order chi connectivity index (χ1) is 6.81. The highest BCUT2D eigenvalue weighted by atomic mass is 32.1. The second-order valence-electron chi connectivity index (χ2n) is 2.66. The van der Waals surface area contributed by atoms with Gasteiger partial charge in [-0.1, -0.05) is 0 Å². The molecule has 0 spiro atoms. The maximum atomic E-state index is 11.7. The number of rotatable bonds is 3. The van der Waals surface area contributed by atoms with E-state index in [4.69, 9.17) is 0 Å². The van der Waals surface area contributed by atoms with Gasteiger partial charge in [-0.15, -0.1) is 11.3 Å². The van der Waals surface area contributed by atoms with E-state index in [1.54, 1.807) is 18.2 Å². The molecule has 0 N–H and O–H groups in total. The van der Waals surface area contributed by atoms with Crippen LogP contribution < -0.4 is 0 Å². The van der Waals surface area contributed by atoms with Crippen LogP contribution in [0.15, 0.2) is 29.0 Å². The van der Waals surface area contributed by atoms with Crippen molar-refractivity contribution in [2.24, 2.45) is 0 Å². The molecule has 0 saturated carbocycles. The molecule has 2 nitrogen and oxygen atoms in total. The van der Waals surface area contributed by atoms with Crippen LogP contribution in [0.5, 0.6) is 0 Å². The molecule has 0 radical (unpaired) electrons. The van der Waals surface area contributed by atoms with Gasteiger partial charge in [-0.3, -0.25) is 9.59 Å². The first-order valence-corrected chi connectivity index (χ1v) is 5.69. The van der Waals surface area contributed by atoms with Gasteiger partial charge in [0.15, 0.2) is 6.29 Å². The fourth-order valence-corrected chi connectivity index (χ4v) is 2.49. The summed E-state index contributed by atoms with van der Waals surface area (Å²) in [7, 11) is 0. The third kappa shape index (κ3) is 1.66. The van der Waals surface area contributed by atoms with Crippen molar-refractivity contribution in [3.63, 3.8) is 0 Å². The molecule has 0 aliphatic heterocycles. The fourth-order valence-electron chi connectivity index (χ4n) is 1.07. The van der Waals surface area contributed by atoms with Gasteiger partial charge in [0.25, 0.3) is 0 Å². The van der Waals surface area contributed by atoms with Gasteiger partial charge in [-0.2, -0.15) is 11.3 Å². The SMILES string of the molecule is O=Cc1ccc(C(=O)c2ccsc2)s1. The second kappa shape index (κ2) is 3.86. The molecule has 2 aromatic heterocycles. The summed E-state index contributed by atoms with van der Waals surface area (Å²) in [5, 5.41) is 3.67. The number of hydrogen-bond donors (Lipinski definition) is 0. The third-order valence-corrected chi connectivity index (χ3v) is 3.44. The predicted molar refractivity (Wildman–Crippen MR) is 57.5 cm³/mol. The molecule has 2 rings (SSSR count). The molecule has 0 aliphatic rings. The number of hydrogen-bond acceptors (Lipinski definition) is 4. The topological polar surface area (TPSA) is 34.1 Å². The Balaban J connectivity index is 2.32. The van der Waals surface area contributed by atoms with E-state index in [1.165, 1.54) is 22.7 Å². The first-order valence-electron chi connectivity index (χ1n) is 3.93. The van der Waals surface area contributed by atoms with E-state index in [0.29, 0.717) is 15.3 Å². The van der Waals surface area contributed by atoms with Crippen LogP contribution in [0.25, 0.3) is 0 Å². The normalized spacial score (nSPS) is 10.0. The average molecular weight is 222 g/mol. The lowest BCUT2D eigenvalue weighted by molar-refractivity contribution is 0.104. The molecular weight excluding hydrogens is 216 g/mol. The molecule has 70 valence electrons. The van der Waals surface area contributed by atoms with Gasteiger partial charge < -0.3 is 0 Å². The molecule has 0 fully saturated rings. The Hall–Kier alpha value is -1.26. The van der Waals surface area contributed by atoms with Crippen LogP contribution in [0.3, 0.4) is 0 Å². The molecule has 2 heterocycles. The minimum Gasteiger partial charge on any atom is -0.297 e. The number of aldehydes is 1. The molecule has 0 unspecified atom stereocenters. The summed E-state index contributed by atoms with van der Waals surface area (Å²) in [6.07, 6.45) is 0.759. The second-order valence-corrected chi connectivity index (χ2v) is 4.56. The summed E-state index contributed by atoms with van der Waals surface area (Å²) >= 11 is 2.72. The lowest BCUT2D eigenvalue weighted by atomic mass is 10.2. The van der Waals surface area contributed by atoms with E-state index in [2.05, 4.69) is 0 Å². The quantitative estimate of drug-likeness (QED) is 0.591. The molecule has 0 bridgehead atoms. The Labute approximate surface area is 88.8 Å². The fraction of sp³-hybridized carbons (Fsp3) is 0. The Morgan fingerprint density at radius 1 is 1.29 bits per heavy atom. The first kappa shape index (κ1) is 9.30. The zero-order chi connectivity index (χ0) is 9.97. The van der Waals surface area contributed by atoms with Crippen molar-refractivity contribution in [2.45, 2.75) is 0 Å². The van der Waals surface area contributed by atoms with Gasteiger partial charge >= 0.3 is 0 Å². The third-order valence-electron chi connectivity index (χ3n) is 1.75. The minimum atomic E-state index is -0.00986. The van der Waals surface area contributed by atoms with Crippen LogP contribution in [0, 0.1) is 0 Å². The van der Waals surface area contributed by atoms with Crippen LogP contribution in [0.4, 0.5) is 0 Å². The van der Waals surface area contributed by atoms with E-state index in [-0.39, 0.29) is 5.78 Å². The van der Waals surface area contributed by atoms with Gasteiger partial charge in [0.05, 0.1) is 9.75 Å². The number of carbonyl (C=O) groups excluding carboxylic acids is 2. The number of thiophene rings is 2. The van der Waals surface area contributed by atoms with E-state index in [9.17, 15) is 9.59 Å². The summed E-state index contributed by atoms with van der Waals surface area (Å²) in [5.41, 5.74) is 0.689. The Kier molecular flexibility index (Phi) is 2.56. The van der Waals surface area contributed by atoms with Gasteiger partial charge in [0.1, 0.15) is 0 Å². The lowest BCUT2D eigenvalue weighted by Gasteiger charge is -1.90. The summed E-state index contributed by atoms with van der Waals surface area (Å²) < 4.78 is 0. The van der Waals surface area contributed by atoms with E-state index >= 15 is 0 Å². The molecular formula is C10H6O2S2. The van der Waals surface area contributed by atoms with Crippen molar-refractivity contribution in [3.05, 3.63) is 44.3 Å². The summed E-state index contributed by atoms with van der Waals surface area (Å²) in [5.74, 6) is -0.00986. The van der Waals surface area contributed by atoms with E-state index in [0.717, 1.165) is 6.29 Å². The molecule has 0 atom stereocenters. The van der Waals surface area contributed by atoms with Crippen LogP contribution in [-0.4, -0.2) is 12.1 Å². The molecule has 2 aromatic rings. The monoisotopic (exact) mass is 222 g/mol. The number of ketones is 1. The van der Waals surface area contributed by atoms with Crippen molar-refractivity contribution in [1.82, 2.24) is 0 Å². The lowest BCUT2D eigenvalue weighted by Crippen LogP contribution is -1.94. The molecule has 0 aliphatic carbocycles. The maximum absolute atomic E-state index is 11.7. The zero-order valence-electron chi connectivity index (χ0n) is 7.10. The zero-order valence-corrected chi connectivity index (χ0v) is 8.73. The predicted octanol–water partition coefficient (Wildman–Crippen LogP) is 2.85. The molecule has 4 heteroatoms. The van der Waals surface area contributed by atoms with Crippen molar-refractivity contribution < 1.29 is 9.59 Å². The Bertz CT molecular complexity index is 454. The molecule has 0 amide bonds. The smallest absolute Gasteiger partial charge is 0.203 e. The summed E-state index contributed by atoms with van der Waals surface area (Å²) in [6.45, 7) is 0. The van der Waals surface area contributed by atoms with Crippen molar-refractivity contribution >= 4 is 34.7 Å². The van der Waals surface area contributed by atoms with Crippen molar-refractivity contribution in [2.75, 3.05) is 0 Å². The van der Waals surface area contributed by atoms with Crippen molar-refractivity contribution in [1.29, 1.82) is 0 Å². The highest BCUT2D eigenvalue weighted by Gasteiger charge is 2.11. The summed E-state index contributed by atoms with van der Waals surface area (Å²) in [4.78, 5) is 23.4. The number of carbonyl (C=O) groups is 2. The van der Waals surface area contributed by atoms with Crippen molar-refractivity contribution in [3.8, 4) is 0 Å². The van der Waals surface area contributed by atoms with E-state index < -0.39 is 0 Å². The summed E-state index contributed by atoms with van der Waals surface area (Å²) in [6, 6.07) is 5.14. The molecule has 14 heavy (non-hydrogen) atoms. The van der Waals surface area contributed by atoms with Gasteiger partial charge in [-0.25, -0.2) is 0 Å². The van der Waals surface area contributed by atoms with Gasteiger partial charge in [-0.05, 0) is 23.6 Å². The van der Waals surface area contributed by atoms with Crippen LogP contribution in [0.2, 0.25) is 0 Å². The molecule has 0 saturated heterocycles. The van der Waals surface area contributed by atoms with Crippen LogP contribution in [0.1, 0.15) is 24.9 Å². The Morgan fingerprint density at radius 3 is 2.71 bits per heavy atom. The minimum absolute atomic E-state index is 0.00986. The van der Waals surface area contributed by atoms with E-state index in [1.807, 2.05) is 10.8 Å². The largest absolute Gasteiger partial charge is 0.297 e. The highest BCUT2D eigenvalue weighted by molar-refractivity contribution is 7.15.